The van der Waals surface area contributed by atoms with Crippen LogP contribution >= 0.6 is 0 Å². The van der Waals surface area contributed by atoms with Gasteiger partial charge in [-0.15, -0.1) is 0 Å². The average molecular weight is 265 g/mol. The lowest BCUT2D eigenvalue weighted by Gasteiger charge is -2.24. The number of nitrogens with zero attached hydrogens (tertiary/aromatic N) is 2. The lowest BCUT2D eigenvalue weighted by molar-refractivity contribution is -0.144. The first kappa shape index (κ1) is 13.6. The summed E-state index contributed by atoms with van der Waals surface area (Å²) in [6, 6.07) is 2.11. The zero-order chi connectivity index (χ0) is 13.7. The molecule has 1 aromatic heterocycles. The number of aromatic nitrogens is 2. The van der Waals surface area contributed by atoms with E-state index in [0.717, 1.165) is 25.1 Å². The van der Waals surface area contributed by atoms with Gasteiger partial charge in [0.2, 0.25) is 5.91 Å². The Bertz CT molecular complexity index is 456. The maximum Gasteiger partial charge on any atom is 0.306 e. The molecule has 104 valence electrons. The summed E-state index contributed by atoms with van der Waals surface area (Å²) < 4.78 is 6.75. The molecule has 2 heterocycles. The molecular formula is C13H19N3O3. The van der Waals surface area contributed by atoms with E-state index in [4.69, 9.17) is 4.74 Å². The summed E-state index contributed by atoms with van der Waals surface area (Å²) in [7, 11) is 0. The summed E-state index contributed by atoms with van der Waals surface area (Å²) in [5, 5.41) is 7.15. The van der Waals surface area contributed by atoms with Crippen molar-refractivity contribution in [3.63, 3.8) is 0 Å². The van der Waals surface area contributed by atoms with Crippen LogP contribution in [0.5, 0.6) is 0 Å². The standard InChI is InChI=1S/C13H19N3O3/c1-2-19-13(18)4-3-12(17)15-10-6-8-16-11(9-10)5-7-14-16/h5,7,10H,2-4,6,8-9H2,1H3,(H,15,17)/t10-/m0/s1. The first-order chi connectivity index (χ1) is 9.19. The van der Waals surface area contributed by atoms with Crippen molar-refractivity contribution < 1.29 is 14.3 Å². The molecule has 0 aliphatic carbocycles. The van der Waals surface area contributed by atoms with Crippen molar-refractivity contribution in [3.8, 4) is 0 Å². The van der Waals surface area contributed by atoms with Crippen molar-refractivity contribution in [1.29, 1.82) is 0 Å². The molecule has 0 saturated heterocycles. The van der Waals surface area contributed by atoms with Gasteiger partial charge in [0.05, 0.1) is 13.0 Å². The van der Waals surface area contributed by atoms with Crippen molar-refractivity contribution in [2.45, 2.75) is 45.2 Å². The van der Waals surface area contributed by atoms with E-state index in [9.17, 15) is 9.59 Å². The number of fused-ring (bicyclic) bond motifs is 1. The molecule has 1 N–H and O–H groups in total. The van der Waals surface area contributed by atoms with Crippen LogP contribution in [0.1, 0.15) is 31.9 Å². The highest BCUT2D eigenvalue weighted by molar-refractivity contribution is 5.81. The van der Waals surface area contributed by atoms with E-state index in [1.807, 2.05) is 10.7 Å². The average Bonchev–Trinajstić information content (AvgIpc) is 2.84. The molecule has 1 aliphatic heterocycles. The molecule has 0 radical (unpaired) electrons. The minimum absolute atomic E-state index is 0.0916. The summed E-state index contributed by atoms with van der Waals surface area (Å²) in [6.45, 7) is 2.93. The number of hydrogen-bond donors (Lipinski definition) is 1. The quantitative estimate of drug-likeness (QED) is 0.794. The van der Waals surface area contributed by atoms with Gasteiger partial charge in [-0.2, -0.15) is 5.10 Å². The van der Waals surface area contributed by atoms with Crippen molar-refractivity contribution in [3.05, 3.63) is 18.0 Å². The van der Waals surface area contributed by atoms with Gasteiger partial charge in [-0.1, -0.05) is 0 Å². The molecule has 2 rings (SSSR count). The molecule has 1 atom stereocenters. The van der Waals surface area contributed by atoms with Gasteiger partial charge in [0.15, 0.2) is 0 Å². The van der Waals surface area contributed by atoms with Gasteiger partial charge in [-0.25, -0.2) is 0 Å². The summed E-state index contributed by atoms with van der Waals surface area (Å²) in [4.78, 5) is 22.9. The molecule has 6 heteroatoms. The van der Waals surface area contributed by atoms with Crippen LogP contribution in [-0.2, 0) is 27.3 Å². The highest BCUT2D eigenvalue weighted by Gasteiger charge is 2.20. The second kappa shape index (κ2) is 6.36. The number of nitrogens with one attached hydrogen (secondary N) is 1. The number of amides is 1. The number of rotatable bonds is 5. The monoisotopic (exact) mass is 265 g/mol. The third-order valence-electron chi connectivity index (χ3n) is 3.18. The van der Waals surface area contributed by atoms with Crippen molar-refractivity contribution in [2.24, 2.45) is 0 Å². The molecule has 0 unspecified atom stereocenters. The highest BCUT2D eigenvalue weighted by Crippen LogP contribution is 2.13. The van der Waals surface area contributed by atoms with E-state index in [0.29, 0.717) is 6.61 Å². The predicted octanol–water partition coefficient (Wildman–Crippen LogP) is 0.657. The van der Waals surface area contributed by atoms with Crippen LogP contribution in [0.2, 0.25) is 0 Å². The number of carbonyl (C=O) groups is 2. The van der Waals surface area contributed by atoms with Crippen LogP contribution < -0.4 is 5.32 Å². The lowest BCUT2D eigenvalue weighted by Crippen LogP contribution is -2.40. The van der Waals surface area contributed by atoms with E-state index in [2.05, 4.69) is 10.4 Å². The van der Waals surface area contributed by atoms with E-state index in [1.165, 1.54) is 0 Å². The molecule has 1 amide bonds. The minimum Gasteiger partial charge on any atom is -0.466 e. The van der Waals surface area contributed by atoms with Gasteiger partial charge in [0.25, 0.3) is 0 Å². The molecule has 1 aromatic rings. The van der Waals surface area contributed by atoms with E-state index in [1.54, 1.807) is 13.1 Å². The Balaban J connectivity index is 1.73. The lowest BCUT2D eigenvalue weighted by atomic mass is 10.0. The Morgan fingerprint density at radius 1 is 1.53 bits per heavy atom. The molecule has 0 aromatic carbocycles. The Morgan fingerprint density at radius 2 is 2.37 bits per heavy atom. The first-order valence-electron chi connectivity index (χ1n) is 6.64. The number of carbonyl (C=O) groups excluding carboxylic acids is 2. The van der Waals surface area contributed by atoms with Crippen LogP contribution in [0.3, 0.4) is 0 Å². The Labute approximate surface area is 112 Å². The van der Waals surface area contributed by atoms with E-state index < -0.39 is 0 Å². The maximum atomic E-state index is 11.7. The van der Waals surface area contributed by atoms with E-state index in [-0.39, 0.29) is 30.8 Å². The van der Waals surface area contributed by atoms with Crippen molar-refractivity contribution in [1.82, 2.24) is 15.1 Å². The fraction of sp³-hybridized carbons (Fsp3) is 0.615. The zero-order valence-electron chi connectivity index (χ0n) is 11.1. The summed E-state index contributed by atoms with van der Waals surface area (Å²) in [5.74, 6) is -0.412. The number of ether oxygens (including phenoxy) is 1. The summed E-state index contributed by atoms with van der Waals surface area (Å²) in [5.41, 5.74) is 1.14. The van der Waals surface area contributed by atoms with E-state index >= 15 is 0 Å². The normalized spacial score (nSPS) is 17.6. The summed E-state index contributed by atoms with van der Waals surface area (Å²) in [6.07, 6.45) is 3.78. The van der Waals surface area contributed by atoms with Crippen LogP contribution in [0, 0.1) is 0 Å². The van der Waals surface area contributed by atoms with Crippen LogP contribution in [0.25, 0.3) is 0 Å². The number of aryl methyl sites for hydroxylation is 1. The van der Waals surface area contributed by atoms with Gasteiger partial charge in [-0.3, -0.25) is 14.3 Å². The summed E-state index contributed by atoms with van der Waals surface area (Å²) >= 11 is 0. The van der Waals surface area contributed by atoms with Crippen LogP contribution in [-0.4, -0.2) is 34.3 Å². The Kier molecular flexibility index (Phi) is 4.54. The minimum atomic E-state index is -0.320. The fourth-order valence-corrected chi connectivity index (χ4v) is 2.24. The topological polar surface area (TPSA) is 73.2 Å². The van der Waals surface area contributed by atoms with Crippen LogP contribution in [0.15, 0.2) is 12.3 Å². The van der Waals surface area contributed by atoms with Gasteiger partial charge in [0.1, 0.15) is 0 Å². The molecule has 6 nitrogen and oxygen atoms in total. The third-order valence-corrected chi connectivity index (χ3v) is 3.18. The molecule has 0 fully saturated rings. The van der Waals surface area contributed by atoms with Gasteiger partial charge < -0.3 is 10.1 Å². The molecule has 0 spiro atoms. The molecule has 0 saturated carbocycles. The maximum absolute atomic E-state index is 11.7. The van der Waals surface area contributed by atoms with Gasteiger partial charge in [-0.05, 0) is 19.4 Å². The van der Waals surface area contributed by atoms with Gasteiger partial charge in [0, 0.05) is 37.3 Å². The SMILES string of the molecule is CCOC(=O)CCC(=O)N[C@H]1CCn2nccc2C1. The smallest absolute Gasteiger partial charge is 0.306 e. The fourth-order valence-electron chi connectivity index (χ4n) is 2.24. The van der Waals surface area contributed by atoms with Crippen molar-refractivity contribution >= 4 is 11.9 Å². The Hall–Kier alpha value is -1.85. The molecule has 0 bridgehead atoms. The second-order valence-corrected chi connectivity index (χ2v) is 4.61. The largest absolute Gasteiger partial charge is 0.466 e. The first-order valence-corrected chi connectivity index (χ1v) is 6.64. The number of hydrogen-bond acceptors (Lipinski definition) is 4. The Morgan fingerprint density at radius 3 is 3.16 bits per heavy atom. The van der Waals surface area contributed by atoms with Gasteiger partial charge >= 0.3 is 5.97 Å². The van der Waals surface area contributed by atoms with Crippen molar-refractivity contribution in [2.75, 3.05) is 6.61 Å². The molecule has 19 heavy (non-hydrogen) atoms. The van der Waals surface area contributed by atoms with Crippen LogP contribution in [0.4, 0.5) is 0 Å². The molecular weight excluding hydrogens is 246 g/mol. The molecule has 1 aliphatic rings. The zero-order valence-corrected chi connectivity index (χ0v) is 11.1. The second-order valence-electron chi connectivity index (χ2n) is 4.61. The number of esters is 1. The highest BCUT2D eigenvalue weighted by atomic mass is 16.5. The third kappa shape index (κ3) is 3.81. The predicted molar refractivity (Wildman–Crippen MR) is 68.3 cm³/mol.